The first-order valence-corrected chi connectivity index (χ1v) is 8.90. The highest BCUT2D eigenvalue weighted by Gasteiger charge is 2.43. The number of rotatable bonds is 3. The lowest BCUT2D eigenvalue weighted by molar-refractivity contribution is -0.185. The van der Waals surface area contributed by atoms with E-state index in [9.17, 15) is 15.0 Å². The summed E-state index contributed by atoms with van der Waals surface area (Å²) in [6, 6.07) is 5.33. The second-order valence-electron chi connectivity index (χ2n) is 7.09. The monoisotopic (exact) mass is 361 g/mol. The summed E-state index contributed by atoms with van der Waals surface area (Å²) < 4.78 is 13.2. The van der Waals surface area contributed by atoms with Gasteiger partial charge in [0.05, 0.1) is 24.9 Å². The molecule has 2 atom stereocenters. The number of aromatic nitrogens is 2. The normalized spacial score (nSPS) is 25.5. The second kappa shape index (κ2) is 6.86. The minimum atomic E-state index is -0.823. The summed E-state index contributed by atoms with van der Waals surface area (Å²) >= 11 is 0. The number of amides is 1. The number of ether oxygens (including phenoxy) is 1. The molecule has 4 rings (SSSR count). The lowest BCUT2D eigenvalue weighted by Gasteiger charge is -2.46. The van der Waals surface area contributed by atoms with E-state index >= 15 is 0 Å². The molecular formula is C18H23N3O5. The molecule has 2 N–H and O–H groups in total. The molecule has 0 unspecified atom stereocenters. The number of carbonyl (C=O) groups excluding carboxylic acids is 1. The van der Waals surface area contributed by atoms with Crippen LogP contribution in [0.2, 0.25) is 0 Å². The molecule has 4 heterocycles. The van der Waals surface area contributed by atoms with Crippen molar-refractivity contribution in [3.8, 4) is 0 Å². The van der Waals surface area contributed by atoms with Crippen molar-refractivity contribution in [3.63, 3.8) is 0 Å². The van der Waals surface area contributed by atoms with E-state index in [4.69, 9.17) is 9.15 Å². The van der Waals surface area contributed by atoms with Crippen molar-refractivity contribution in [2.24, 2.45) is 0 Å². The lowest BCUT2D eigenvalue weighted by Crippen LogP contribution is -2.55. The van der Waals surface area contributed by atoms with Crippen LogP contribution in [-0.4, -0.2) is 68.3 Å². The van der Waals surface area contributed by atoms with Crippen LogP contribution < -0.4 is 0 Å². The fraction of sp³-hybridized carbons (Fsp3) is 0.556. The zero-order valence-electron chi connectivity index (χ0n) is 14.5. The third kappa shape index (κ3) is 3.40. The number of carbonyl (C=O) groups is 1. The van der Waals surface area contributed by atoms with Gasteiger partial charge in [-0.25, -0.2) is 0 Å². The van der Waals surface area contributed by atoms with E-state index in [2.05, 4.69) is 5.10 Å². The number of piperidine rings is 1. The van der Waals surface area contributed by atoms with Crippen LogP contribution in [0.25, 0.3) is 0 Å². The summed E-state index contributed by atoms with van der Waals surface area (Å²) in [5.41, 5.74) is -0.441. The Hall–Kier alpha value is -2.16. The summed E-state index contributed by atoms with van der Waals surface area (Å²) in [7, 11) is 0. The number of hydrogen-bond donors (Lipinski definition) is 2. The summed E-state index contributed by atoms with van der Waals surface area (Å²) in [5, 5.41) is 23.7. The third-order valence-corrected chi connectivity index (χ3v) is 5.30. The van der Waals surface area contributed by atoms with E-state index in [0.29, 0.717) is 50.4 Å². The number of furan rings is 1. The second-order valence-corrected chi connectivity index (χ2v) is 7.09. The zero-order chi connectivity index (χ0) is 18.1. The average molecular weight is 361 g/mol. The molecule has 0 saturated carbocycles. The van der Waals surface area contributed by atoms with Gasteiger partial charge < -0.3 is 24.3 Å². The minimum Gasteiger partial charge on any atom is -0.454 e. The van der Waals surface area contributed by atoms with Crippen LogP contribution in [0.3, 0.4) is 0 Å². The topological polar surface area (TPSA) is 101 Å². The quantitative estimate of drug-likeness (QED) is 0.832. The van der Waals surface area contributed by atoms with Gasteiger partial charge in [0.15, 0.2) is 5.76 Å². The first-order valence-electron chi connectivity index (χ1n) is 8.90. The molecule has 8 heteroatoms. The number of nitrogens with zero attached hydrogens (tertiary/aromatic N) is 3. The Labute approximate surface area is 151 Å². The van der Waals surface area contributed by atoms with Gasteiger partial charge >= 0.3 is 0 Å². The number of likely N-dealkylation sites (tertiary alicyclic amines) is 1. The van der Waals surface area contributed by atoms with Gasteiger partial charge in [0.1, 0.15) is 11.9 Å². The smallest absolute Gasteiger partial charge is 0.289 e. The van der Waals surface area contributed by atoms with Gasteiger partial charge in [0, 0.05) is 31.9 Å². The Morgan fingerprint density at radius 1 is 1.27 bits per heavy atom. The van der Waals surface area contributed by atoms with Crippen molar-refractivity contribution >= 4 is 5.91 Å². The van der Waals surface area contributed by atoms with Crippen molar-refractivity contribution in [1.29, 1.82) is 0 Å². The van der Waals surface area contributed by atoms with Gasteiger partial charge in [0.25, 0.3) is 5.91 Å². The summed E-state index contributed by atoms with van der Waals surface area (Å²) in [6.45, 7) is 1.70. The van der Waals surface area contributed by atoms with E-state index < -0.39 is 17.8 Å². The summed E-state index contributed by atoms with van der Waals surface area (Å²) in [4.78, 5) is 14.4. The minimum absolute atomic E-state index is 0.136. The molecule has 0 aliphatic carbocycles. The summed E-state index contributed by atoms with van der Waals surface area (Å²) in [6.07, 6.45) is 3.64. The van der Waals surface area contributed by atoms with Crippen LogP contribution in [0.4, 0.5) is 0 Å². The van der Waals surface area contributed by atoms with Gasteiger partial charge in [-0.15, -0.1) is 0 Å². The molecule has 2 aliphatic heterocycles. The van der Waals surface area contributed by atoms with E-state index in [1.54, 1.807) is 27.9 Å². The van der Waals surface area contributed by atoms with Gasteiger partial charge in [-0.2, -0.15) is 5.10 Å². The maximum absolute atomic E-state index is 12.7. The molecule has 1 amide bonds. The van der Waals surface area contributed by atoms with Gasteiger partial charge in [-0.3, -0.25) is 9.48 Å². The Morgan fingerprint density at radius 3 is 2.77 bits per heavy atom. The molecule has 26 heavy (non-hydrogen) atoms. The van der Waals surface area contributed by atoms with Crippen LogP contribution in [0.5, 0.6) is 0 Å². The van der Waals surface area contributed by atoms with Crippen LogP contribution in [0.15, 0.2) is 35.0 Å². The molecular weight excluding hydrogens is 338 g/mol. The maximum Gasteiger partial charge on any atom is 0.289 e. The summed E-state index contributed by atoms with van der Waals surface area (Å²) in [5.74, 6) is 0.865. The molecule has 0 aromatic carbocycles. The molecule has 0 radical (unpaired) electrons. The van der Waals surface area contributed by atoms with Crippen molar-refractivity contribution < 1.29 is 24.2 Å². The number of aliphatic hydroxyl groups is 2. The average Bonchev–Trinajstić information content (AvgIpc) is 3.31. The van der Waals surface area contributed by atoms with E-state index in [0.717, 1.165) is 0 Å². The SMILES string of the molecule is O=C(c1ccc(Cn2cccn2)o1)N1CCC2(CC1)C[C@@H](O)[C@@H](O)CO2. The lowest BCUT2D eigenvalue weighted by atomic mass is 9.82. The van der Waals surface area contributed by atoms with Crippen LogP contribution in [-0.2, 0) is 11.3 Å². The highest BCUT2D eigenvalue weighted by atomic mass is 16.5. The fourth-order valence-electron chi connectivity index (χ4n) is 3.70. The molecule has 2 aromatic rings. The van der Waals surface area contributed by atoms with Crippen molar-refractivity contribution in [2.75, 3.05) is 19.7 Å². The van der Waals surface area contributed by atoms with Crippen LogP contribution in [0, 0.1) is 0 Å². The zero-order valence-corrected chi connectivity index (χ0v) is 14.5. The predicted molar refractivity (Wildman–Crippen MR) is 90.5 cm³/mol. The highest BCUT2D eigenvalue weighted by Crippen LogP contribution is 2.35. The van der Waals surface area contributed by atoms with Gasteiger partial charge in [-0.1, -0.05) is 0 Å². The van der Waals surface area contributed by atoms with E-state index in [-0.39, 0.29) is 12.5 Å². The number of hydrogen-bond acceptors (Lipinski definition) is 6. The first-order chi connectivity index (χ1) is 12.5. The maximum atomic E-state index is 12.7. The van der Waals surface area contributed by atoms with Crippen LogP contribution >= 0.6 is 0 Å². The molecule has 2 aliphatic rings. The van der Waals surface area contributed by atoms with Crippen molar-refractivity contribution in [2.45, 2.75) is 43.6 Å². The Balaban J connectivity index is 1.36. The molecule has 8 nitrogen and oxygen atoms in total. The molecule has 2 saturated heterocycles. The highest BCUT2D eigenvalue weighted by molar-refractivity contribution is 5.91. The first kappa shape index (κ1) is 17.3. The number of aliphatic hydroxyl groups excluding tert-OH is 2. The van der Waals surface area contributed by atoms with Crippen molar-refractivity contribution in [3.05, 3.63) is 42.1 Å². The fourth-order valence-corrected chi connectivity index (χ4v) is 3.70. The largest absolute Gasteiger partial charge is 0.454 e. The van der Waals surface area contributed by atoms with Crippen LogP contribution in [0.1, 0.15) is 35.6 Å². The van der Waals surface area contributed by atoms with Gasteiger partial charge in [0.2, 0.25) is 0 Å². The van der Waals surface area contributed by atoms with E-state index in [1.807, 2.05) is 12.3 Å². The Morgan fingerprint density at radius 2 is 2.08 bits per heavy atom. The van der Waals surface area contributed by atoms with Gasteiger partial charge in [-0.05, 0) is 31.0 Å². The molecule has 0 bridgehead atoms. The molecule has 1 spiro atoms. The molecule has 2 aromatic heterocycles. The molecule has 140 valence electrons. The van der Waals surface area contributed by atoms with E-state index in [1.165, 1.54) is 0 Å². The standard InChI is InChI=1S/C18H23N3O5/c22-14-10-18(25-12-15(14)23)4-8-20(9-5-18)17(24)16-3-2-13(26-16)11-21-7-1-6-19-21/h1-3,6-7,14-15,22-23H,4-5,8-12H2/t14-,15+/m1/s1. The third-order valence-electron chi connectivity index (χ3n) is 5.30. The van der Waals surface area contributed by atoms with Crippen molar-refractivity contribution in [1.82, 2.24) is 14.7 Å². The molecule has 2 fully saturated rings. The Kier molecular flexibility index (Phi) is 4.56. The predicted octanol–water partition coefficient (Wildman–Crippen LogP) is 0.641. The Bertz CT molecular complexity index is 749.